The summed E-state index contributed by atoms with van der Waals surface area (Å²) in [7, 11) is 0. The van der Waals surface area contributed by atoms with Crippen LogP contribution in [0.2, 0.25) is 0 Å². The van der Waals surface area contributed by atoms with E-state index in [1.165, 1.54) is 5.56 Å². The predicted octanol–water partition coefficient (Wildman–Crippen LogP) is 3.90. The quantitative estimate of drug-likeness (QED) is 0.866. The topological polar surface area (TPSA) is 55.4 Å². The maximum atomic E-state index is 11.5. The molecule has 2 amide bonds. The number of hydrogen-bond acceptors (Lipinski definition) is 4. The second-order valence-electron chi connectivity index (χ2n) is 5.20. The Kier molecular flexibility index (Phi) is 4.48. The van der Waals surface area contributed by atoms with Gasteiger partial charge in [-0.3, -0.25) is 14.9 Å². The number of thioether (sulfide) groups is 1. The van der Waals surface area contributed by atoms with Gasteiger partial charge in [-0.2, -0.15) is 0 Å². The summed E-state index contributed by atoms with van der Waals surface area (Å²) in [6.45, 7) is 2.56. The number of benzene rings is 2. The van der Waals surface area contributed by atoms with E-state index in [0.717, 1.165) is 28.6 Å². The van der Waals surface area contributed by atoms with Crippen molar-refractivity contribution < 1.29 is 14.3 Å². The summed E-state index contributed by atoms with van der Waals surface area (Å²) >= 11 is 0.912. The lowest BCUT2D eigenvalue weighted by atomic mass is 10.1. The van der Waals surface area contributed by atoms with Crippen molar-refractivity contribution in [3.63, 3.8) is 0 Å². The molecule has 0 spiro atoms. The third kappa shape index (κ3) is 4.02. The van der Waals surface area contributed by atoms with Crippen molar-refractivity contribution >= 4 is 29.0 Å². The fourth-order valence-corrected chi connectivity index (χ4v) is 2.88. The minimum absolute atomic E-state index is 0.334. The molecule has 0 saturated carbocycles. The van der Waals surface area contributed by atoms with Gasteiger partial charge in [0.05, 0.1) is 4.91 Å². The average molecular weight is 325 g/mol. The third-order valence-electron chi connectivity index (χ3n) is 3.31. The van der Waals surface area contributed by atoms with Crippen LogP contribution in [0.3, 0.4) is 0 Å². The van der Waals surface area contributed by atoms with Crippen LogP contribution in [-0.4, -0.2) is 11.1 Å². The second kappa shape index (κ2) is 6.71. The minimum Gasteiger partial charge on any atom is -0.489 e. The predicted molar refractivity (Wildman–Crippen MR) is 91.1 cm³/mol. The van der Waals surface area contributed by atoms with Crippen molar-refractivity contribution in [1.29, 1.82) is 0 Å². The number of ether oxygens (including phenoxy) is 1. The van der Waals surface area contributed by atoms with Crippen molar-refractivity contribution in [2.24, 2.45) is 0 Å². The van der Waals surface area contributed by atoms with Gasteiger partial charge in [-0.25, -0.2) is 0 Å². The van der Waals surface area contributed by atoms with Crippen LogP contribution < -0.4 is 10.1 Å². The zero-order valence-corrected chi connectivity index (χ0v) is 13.4. The average Bonchev–Trinajstić information content (AvgIpc) is 2.84. The van der Waals surface area contributed by atoms with Crippen LogP contribution in [0.4, 0.5) is 4.79 Å². The number of imide groups is 1. The van der Waals surface area contributed by atoms with Crippen molar-refractivity contribution in [3.05, 3.63) is 70.1 Å². The molecule has 0 unspecified atom stereocenters. The Morgan fingerprint density at radius 1 is 1.13 bits per heavy atom. The first-order valence-electron chi connectivity index (χ1n) is 7.13. The molecule has 0 radical (unpaired) electrons. The van der Waals surface area contributed by atoms with Gasteiger partial charge >= 0.3 is 0 Å². The van der Waals surface area contributed by atoms with E-state index < -0.39 is 0 Å². The number of carbonyl (C=O) groups excluding carboxylic acids is 2. The molecule has 1 aliphatic rings. The maximum absolute atomic E-state index is 11.5. The van der Waals surface area contributed by atoms with E-state index >= 15 is 0 Å². The van der Waals surface area contributed by atoms with Crippen LogP contribution in [0.1, 0.15) is 16.7 Å². The standard InChI is InChI=1S/C18H15NO3S/c1-12-3-2-4-14(9-12)11-22-15-7-5-13(6-8-15)10-16-17(20)19-18(21)23-16/h2-10H,11H2,1H3,(H,19,20,21)/b16-10-. The van der Waals surface area contributed by atoms with Crippen LogP contribution in [0.25, 0.3) is 6.08 Å². The molecule has 5 heteroatoms. The summed E-state index contributed by atoms with van der Waals surface area (Å²) < 4.78 is 5.75. The zero-order valence-electron chi connectivity index (χ0n) is 12.5. The van der Waals surface area contributed by atoms with E-state index in [-0.39, 0.29) is 11.1 Å². The Labute approximate surface area is 138 Å². The number of hydrogen-bond donors (Lipinski definition) is 1. The van der Waals surface area contributed by atoms with Gasteiger partial charge in [0.15, 0.2) is 0 Å². The van der Waals surface area contributed by atoms with Crippen molar-refractivity contribution in [2.75, 3.05) is 0 Å². The number of nitrogens with one attached hydrogen (secondary N) is 1. The van der Waals surface area contributed by atoms with Crippen LogP contribution in [0.15, 0.2) is 53.4 Å². The fourth-order valence-electron chi connectivity index (χ4n) is 2.20. The van der Waals surface area contributed by atoms with Gasteiger partial charge in [0, 0.05) is 0 Å². The van der Waals surface area contributed by atoms with Gasteiger partial charge in [0.1, 0.15) is 12.4 Å². The Morgan fingerprint density at radius 3 is 2.57 bits per heavy atom. The SMILES string of the molecule is Cc1cccc(COc2ccc(/C=C3\SC(=O)NC3=O)cc2)c1. The monoisotopic (exact) mass is 325 g/mol. The molecule has 0 aliphatic carbocycles. The summed E-state index contributed by atoms with van der Waals surface area (Å²) in [5, 5.41) is 1.90. The first-order chi connectivity index (χ1) is 11.1. The van der Waals surface area contributed by atoms with Crippen LogP contribution in [0, 0.1) is 6.92 Å². The first-order valence-corrected chi connectivity index (χ1v) is 7.95. The van der Waals surface area contributed by atoms with Gasteiger partial charge in [0.2, 0.25) is 0 Å². The highest BCUT2D eigenvalue weighted by Gasteiger charge is 2.24. The molecule has 116 valence electrons. The van der Waals surface area contributed by atoms with Crippen molar-refractivity contribution in [1.82, 2.24) is 5.32 Å². The molecule has 0 bridgehead atoms. The molecule has 1 saturated heterocycles. The number of carbonyl (C=O) groups is 2. The van der Waals surface area contributed by atoms with Gasteiger partial charge in [-0.1, -0.05) is 42.0 Å². The summed E-state index contributed by atoms with van der Waals surface area (Å²) in [6.07, 6.45) is 1.69. The van der Waals surface area contributed by atoms with E-state index in [9.17, 15) is 9.59 Å². The van der Waals surface area contributed by atoms with Crippen molar-refractivity contribution in [2.45, 2.75) is 13.5 Å². The van der Waals surface area contributed by atoms with Gasteiger partial charge in [-0.15, -0.1) is 0 Å². The normalized spacial score (nSPS) is 15.8. The Hall–Kier alpha value is -2.53. The minimum atomic E-state index is -0.347. The number of rotatable bonds is 4. The molecule has 4 nitrogen and oxygen atoms in total. The smallest absolute Gasteiger partial charge is 0.290 e. The van der Waals surface area contributed by atoms with Gasteiger partial charge in [0.25, 0.3) is 11.1 Å². The summed E-state index contributed by atoms with van der Waals surface area (Å²) in [5.41, 5.74) is 3.17. The van der Waals surface area contributed by atoms with Crippen LogP contribution in [-0.2, 0) is 11.4 Å². The summed E-state index contributed by atoms with van der Waals surface area (Å²) in [5.74, 6) is 0.410. The van der Waals surface area contributed by atoms with Crippen LogP contribution in [0.5, 0.6) is 5.75 Å². The second-order valence-corrected chi connectivity index (χ2v) is 6.21. The zero-order chi connectivity index (χ0) is 16.2. The van der Waals surface area contributed by atoms with E-state index in [2.05, 4.69) is 11.4 Å². The first kappa shape index (κ1) is 15.4. The molecule has 1 fully saturated rings. The maximum Gasteiger partial charge on any atom is 0.290 e. The molecular weight excluding hydrogens is 310 g/mol. The molecule has 3 rings (SSSR count). The molecule has 0 atom stereocenters. The largest absolute Gasteiger partial charge is 0.489 e. The number of aryl methyl sites for hydroxylation is 1. The van der Waals surface area contributed by atoms with Crippen LogP contribution >= 0.6 is 11.8 Å². The molecule has 1 N–H and O–H groups in total. The van der Waals surface area contributed by atoms with E-state index in [4.69, 9.17) is 4.74 Å². The van der Waals surface area contributed by atoms with E-state index in [0.29, 0.717) is 11.5 Å². The highest BCUT2D eigenvalue weighted by Crippen LogP contribution is 2.26. The van der Waals surface area contributed by atoms with Crippen molar-refractivity contribution in [3.8, 4) is 5.75 Å². The fraction of sp³-hybridized carbons (Fsp3) is 0.111. The molecule has 2 aromatic rings. The van der Waals surface area contributed by atoms with E-state index in [1.54, 1.807) is 6.08 Å². The Balaban J connectivity index is 1.64. The lowest BCUT2D eigenvalue weighted by molar-refractivity contribution is -0.115. The van der Waals surface area contributed by atoms with Gasteiger partial charge in [-0.05, 0) is 48.0 Å². The molecule has 2 aromatic carbocycles. The molecule has 0 aromatic heterocycles. The summed E-state index contributed by atoms with van der Waals surface area (Å²) in [4.78, 5) is 23.0. The molecule has 1 aliphatic heterocycles. The Morgan fingerprint density at radius 2 is 1.91 bits per heavy atom. The van der Waals surface area contributed by atoms with Gasteiger partial charge < -0.3 is 4.74 Å². The lowest BCUT2D eigenvalue weighted by Gasteiger charge is -2.07. The lowest BCUT2D eigenvalue weighted by Crippen LogP contribution is -2.17. The molecule has 1 heterocycles. The highest BCUT2D eigenvalue weighted by molar-refractivity contribution is 8.18. The Bertz CT molecular complexity index is 781. The van der Waals surface area contributed by atoms with E-state index in [1.807, 2.05) is 49.4 Å². The highest BCUT2D eigenvalue weighted by atomic mass is 32.2. The summed E-state index contributed by atoms with van der Waals surface area (Å²) in [6, 6.07) is 15.6. The number of amides is 2. The third-order valence-corrected chi connectivity index (χ3v) is 4.12. The molecule has 23 heavy (non-hydrogen) atoms. The molecular formula is C18H15NO3S.